The first-order valence-electron chi connectivity index (χ1n) is 3.57. The Bertz CT molecular complexity index is 490. The molecule has 1 aliphatic rings. The van der Waals surface area contributed by atoms with E-state index in [1.807, 2.05) is 0 Å². The summed E-state index contributed by atoms with van der Waals surface area (Å²) >= 11 is 11.1. The summed E-state index contributed by atoms with van der Waals surface area (Å²) in [5.41, 5.74) is -0.682. The van der Waals surface area contributed by atoms with Gasteiger partial charge in [0, 0.05) is 0 Å². The maximum atomic E-state index is 10.9. The molecule has 0 fully saturated rings. The highest BCUT2D eigenvalue weighted by molar-refractivity contribution is 6.37. The minimum absolute atomic E-state index is 0.0576. The summed E-state index contributed by atoms with van der Waals surface area (Å²) in [5, 5.41) is 15.7. The highest BCUT2D eigenvalue weighted by Crippen LogP contribution is 2.43. The lowest BCUT2D eigenvalue weighted by Gasteiger charge is -2.01. The van der Waals surface area contributed by atoms with Crippen LogP contribution in [0.2, 0.25) is 10.3 Å². The van der Waals surface area contributed by atoms with Gasteiger partial charge in [0.15, 0.2) is 10.8 Å². The van der Waals surface area contributed by atoms with E-state index in [1.54, 1.807) is 0 Å². The van der Waals surface area contributed by atoms with Gasteiger partial charge in [-0.1, -0.05) is 23.2 Å². The van der Waals surface area contributed by atoms with Crippen molar-refractivity contribution < 1.29 is 9.72 Å². The molecular weight excluding hydrogens is 247 g/mol. The van der Waals surface area contributed by atoms with E-state index in [-0.39, 0.29) is 21.7 Å². The topological polar surface area (TPSA) is 99.2 Å². The SMILES string of the molecule is O=C1[N]c2c(Cl)nc(Cl)c([N+](=O)[O-])c2N1. The van der Waals surface area contributed by atoms with Crippen LogP contribution < -0.4 is 10.6 Å². The number of rotatable bonds is 1. The second-order valence-corrected chi connectivity index (χ2v) is 3.28. The normalized spacial score (nSPS) is 13.1. The number of amides is 2. The fourth-order valence-corrected chi connectivity index (χ4v) is 1.65. The van der Waals surface area contributed by atoms with Gasteiger partial charge in [-0.3, -0.25) is 15.4 Å². The zero-order chi connectivity index (χ0) is 11.2. The number of carbonyl (C=O) groups excluding carboxylic acids is 1. The lowest BCUT2D eigenvalue weighted by molar-refractivity contribution is -0.384. The second-order valence-electron chi connectivity index (χ2n) is 2.56. The monoisotopic (exact) mass is 247 g/mol. The zero-order valence-electron chi connectivity index (χ0n) is 6.82. The van der Waals surface area contributed by atoms with E-state index in [4.69, 9.17) is 23.2 Å². The van der Waals surface area contributed by atoms with E-state index in [0.717, 1.165) is 0 Å². The number of pyridine rings is 1. The highest BCUT2D eigenvalue weighted by Gasteiger charge is 2.34. The molecule has 1 aromatic heterocycles. The van der Waals surface area contributed by atoms with Crippen molar-refractivity contribution in [2.24, 2.45) is 0 Å². The third-order valence-electron chi connectivity index (χ3n) is 1.69. The molecule has 0 unspecified atom stereocenters. The molecule has 0 saturated heterocycles. The van der Waals surface area contributed by atoms with Crippen LogP contribution in [-0.2, 0) is 0 Å². The summed E-state index contributed by atoms with van der Waals surface area (Å²) in [6.45, 7) is 0. The van der Waals surface area contributed by atoms with Crippen molar-refractivity contribution in [3.63, 3.8) is 0 Å². The third-order valence-corrected chi connectivity index (χ3v) is 2.22. The minimum atomic E-state index is -0.758. The number of nitro groups is 1. The number of hydrogen-bond acceptors (Lipinski definition) is 4. The molecule has 2 heterocycles. The minimum Gasteiger partial charge on any atom is -0.298 e. The van der Waals surface area contributed by atoms with E-state index >= 15 is 0 Å². The summed E-state index contributed by atoms with van der Waals surface area (Å²) in [7, 11) is 0. The van der Waals surface area contributed by atoms with Crippen LogP contribution in [0.15, 0.2) is 0 Å². The van der Waals surface area contributed by atoms with Crippen LogP contribution in [0, 0.1) is 10.1 Å². The Labute approximate surface area is 92.5 Å². The molecule has 0 spiro atoms. The molecule has 15 heavy (non-hydrogen) atoms. The van der Waals surface area contributed by atoms with Gasteiger partial charge in [-0.2, -0.15) is 5.32 Å². The largest absolute Gasteiger partial charge is 0.346 e. The van der Waals surface area contributed by atoms with Gasteiger partial charge in [0.1, 0.15) is 5.69 Å². The highest BCUT2D eigenvalue weighted by atomic mass is 35.5. The van der Waals surface area contributed by atoms with Crippen LogP contribution in [0.5, 0.6) is 0 Å². The third kappa shape index (κ3) is 1.45. The van der Waals surface area contributed by atoms with E-state index in [9.17, 15) is 14.9 Å². The molecular formula is C6HCl2N4O3. The van der Waals surface area contributed by atoms with Gasteiger partial charge in [-0.05, 0) is 0 Å². The number of carbonyl (C=O) groups is 1. The molecule has 7 nitrogen and oxygen atoms in total. The zero-order valence-corrected chi connectivity index (χ0v) is 8.33. The Balaban J connectivity index is 2.73. The maximum absolute atomic E-state index is 10.9. The maximum Gasteiger partial charge on any atom is 0.346 e. The van der Waals surface area contributed by atoms with E-state index in [0.29, 0.717) is 0 Å². The number of urea groups is 1. The summed E-state index contributed by atoms with van der Waals surface area (Å²) in [5.74, 6) is 0. The van der Waals surface area contributed by atoms with Gasteiger partial charge in [0.05, 0.1) is 4.92 Å². The van der Waals surface area contributed by atoms with E-state index in [2.05, 4.69) is 15.6 Å². The number of fused-ring (bicyclic) bond motifs is 1. The number of hydrogen-bond donors (Lipinski definition) is 1. The van der Waals surface area contributed by atoms with Gasteiger partial charge >= 0.3 is 11.7 Å². The Kier molecular flexibility index (Phi) is 2.13. The first kappa shape index (κ1) is 9.94. The van der Waals surface area contributed by atoms with Crippen molar-refractivity contribution >= 4 is 46.3 Å². The number of nitrogens with one attached hydrogen (secondary N) is 1. The molecule has 1 radical (unpaired) electrons. The van der Waals surface area contributed by atoms with Crippen molar-refractivity contribution in [1.82, 2.24) is 10.3 Å². The smallest absolute Gasteiger partial charge is 0.298 e. The van der Waals surface area contributed by atoms with Gasteiger partial charge in [0.2, 0.25) is 5.15 Å². The standard InChI is InChI=1S/C6HCl2N4O3/c7-4-2-1(9-6(13)10-2)3(12(14)15)5(8)11-4/h(H,9,13). The second kappa shape index (κ2) is 3.21. The Hall–Kier alpha value is -1.60. The molecule has 77 valence electrons. The lowest BCUT2D eigenvalue weighted by atomic mass is 10.3. The van der Waals surface area contributed by atoms with Crippen LogP contribution >= 0.6 is 23.2 Å². The van der Waals surface area contributed by atoms with Gasteiger partial charge in [-0.25, -0.2) is 9.78 Å². The average molecular weight is 248 g/mol. The molecule has 1 N–H and O–H groups in total. The van der Waals surface area contributed by atoms with E-state index in [1.165, 1.54) is 0 Å². The van der Waals surface area contributed by atoms with Crippen LogP contribution in [0.4, 0.5) is 21.9 Å². The Morgan fingerprint density at radius 1 is 1.33 bits per heavy atom. The van der Waals surface area contributed by atoms with Crippen molar-refractivity contribution in [3.8, 4) is 0 Å². The molecule has 1 aliphatic heterocycles. The summed E-state index contributed by atoms with van der Waals surface area (Å²) < 4.78 is 0. The molecule has 0 atom stereocenters. The predicted octanol–water partition coefficient (Wildman–Crippen LogP) is 2.08. The molecule has 2 amide bonds. The lowest BCUT2D eigenvalue weighted by Crippen LogP contribution is -2.08. The van der Waals surface area contributed by atoms with E-state index < -0.39 is 16.6 Å². The molecule has 1 aromatic rings. The first-order chi connectivity index (χ1) is 7.00. The number of nitrogens with zero attached hydrogens (tertiary/aromatic N) is 3. The number of halogens is 2. The fourth-order valence-electron chi connectivity index (χ4n) is 1.13. The number of aromatic nitrogens is 1. The van der Waals surface area contributed by atoms with Gasteiger partial charge < -0.3 is 0 Å². The van der Waals surface area contributed by atoms with Crippen LogP contribution in [0.3, 0.4) is 0 Å². The van der Waals surface area contributed by atoms with Crippen LogP contribution in [0.1, 0.15) is 0 Å². The molecule has 0 saturated carbocycles. The van der Waals surface area contributed by atoms with Crippen molar-refractivity contribution in [1.29, 1.82) is 0 Å². The molecule has 0 bridgehead atoms. The summed E-state index contributed by atoms with van der Waals surface area (Å²) in [6.07, 6.45) is 0. The summed E-state index contributed by atoms with van der Waals surface area (Å²) in [6, 6.07) is -0.737. The first-order valence-corrected chi connectivity index (χ1v) is 4.32. The average Bonchev–Trinajstić information content (AvgIpc) is 2.45. The van der Waals surface area contributed by atoms with Crippen molar-refractivity contribution in [2.45, 2.75) is 0 Å². The van der Waals surface area contributed by atoms with Crippen LogP contribution in [0.25, 0.3) is 0 Å². The Morgan fingerprint density at radius 2 is 2.00 bits per heavy atom. The van der Waals surface area contributed by atoms with Gasteiger partial charge in [0.25, 0.3) is 0 Å². The summed E-state index contributed by atoms with van der Waals surface area (Å²) in [4.78, 5) is 24.3. The fraction of sp³-hybridized carbons (Fsp3) is 0. The predicted molar refractivity (Wildman–Crippen MR) is 51.7 cm³/mol. The number of anilines is 1. The molecule has 2 rings (SSSR count). The van der Waals surface area contributed by atoms with Crippen LogP contribution in [-0.4, -0.2) is 15.9 Å². The van der Waals surface area contributed by atoms with Gasteiger partial charge in [-0.15, -0.1) is 0 Å². The molecule has 0 aromatic carbocycles. The van der Waals surface area contributed by atoms with Crippen molar-refractivity contribution in [3.05, 3.63) is 20.4 Å². The Morgan fingerprint density at radius 3 is 2.60 bits per heavy atom. The molecule has 0 aliphatic carbocycles. The van der Waals surface area contributed by atoms with Crippen molar-refractivity contribution in [2.75, 3.05) is 5.32 Å². The molecule has 9 heteroatoms. The quantitative estimate of drug-likeness (QED) is 0.467.